The van der Waals surface area contributed by atoms with Crippen molar-refractivity contribution in [3.8, 4) is 0 Å². The molecule has 0 aromatic carbocycles. The van der Waals surface area contributed by atoms with Gasteiger partial charge < -0.3 is 16.0 Å². The molecular weight excluding hydrogens is 206 g/mol. The van der Waals surface area contributed by atoms with E-state index in [2.05, 4.69) is 5.32 Å². The Balaban J connectivity index is 1.99. The molecule has 2 atom stereocenters. The zero-order valence-electron chi connectivity index (χ0n) is 9.61. The molecular formula is C11H19N3O2. The minimum atomic E-state index is -0.372. The van der Waals surface area contributed by atoms with Crippen LogP contribution >= 0.6 is 0 Å². The molecule has 0 spiro atoms. The van der Waals surface area contributed by atoms with Crippen LogP contribution < -0.4 is 11.1 Å². The maximum absolute atomic E-state index is 12.2. The molecule has 3 N–H and O–H groups in total. The molecule has 0 saturated carbocycles. The number of hydrogen-bond donors (Lipinski definition) is 2. The standard InChI is InChI=1S/C11H19N3O2/c1-7(8-5-13-6-8)11(16)14-4-2-3-9(14)10(12)15/h7-9,13H,2-6H2,1H3,(H2,12,15). The Bertz CT molecular complexity index is 302. The molecule has 0 radical (unpaired) electrons. The van der Waals surface area contributed by atoms with Crippen molar-refractivity contribution in [2.75, 3.05) is 19.6 Å². The van der Waals surface area contributed by atoms with Gasteiger partial charge in [0.2, 0.25) is 11.8 Å². The van der Waals surface area contributed by atoms with Gasteiger partial charge in [0.05, 0.1) is 0 Å². The van der Waals surface area contributed by atoms with Crippen LogP contribution in [0.4, 0.5) is 0 Å². The van der Waals surface area contributed by atoms with E-state index in [9.17, 15) is 9.59 Å². The van der Waals surface area contributed by atoms with Gasteiger partial charge in [-0.15, -0.1) is 0 Å². The highest BCUT2D eigenvalue weighted by molar-refractivity contribution is 5.88. The first-order valence-electron chi connectivity index (χ1n) is 5.91. The van der Waals surface area contributed by atoms with Crippen LogP contribution in [-0.4, -0.2) is 42.4 Å². The van der Waals surface area contributed by atoms with Crippen LogP contribution in [0, 0.1) is 11.8 Å². The third-order valence-electron chi connectivity index (χ3n) is 3.77. The summed E-state index contributed by atoms with van der Waals surface area (Å²) in [6, 6.07) is -0.372. The molecule has 0 aliphatic carbocycles. The maximum atomic E-state index is 12.2. The van der Waals surface area contributed by atoms with Crippen molar-refractivity contribution < 1.29 is 9.59 Å². The first kappa shape index (κ1) is 11.4. The van der Waals surface area contributed by atoms with Crippen molar-refractivity contribution >= 4 is 11.8 Å². The largest absolute Gasteiger partial charge is 0.368 e. The minimum Gasteiger partial charge on any atom is -0.368 e. The molecule has 2 aliphatic heterocycles. The highest BCUT2D eigenvalue weighted by Gasteiger charge is 2.38. The molecule has 90 valence electrons. The summed E-state index contributed by atoms with van der Waals surface area (Å²) in [4.78, 5) is 25.1. The van der Waals surface area contributed by atoms with Crippen LogP contribution in [0.5, 0.6) is 0 Å². The number of amides is 2. The van der Waals surface area contributed by atoms with E-state index in [1.807, 2.05) is 6.92 Å². The molecule has 2 rings (SSSR count). The SMILES string of the molecule is CC(C(=O)N1CCCC1C(N)=O)C1CNC1. The van der Waals surface area contributed by atoms with Crippen molar-refractivity contribution in [3.63, 3.8) is 0 Å². The Labute approximate surface area is 95.3 Å². The van der Waals surface area contributed by atoms with Crippen LogP contribution in [0.15, 0.2) is 0 Å². The lowest BCUT2D eigenvalue weighted by atomic mass is 9.88. The van der Waals surface area contributed by atoms with Crippen LogP contribution in [-0.2, 0) is 9.59 Å². The molecule has 2 heterocycles. The van der Waals surface area contributed by atoms with Gasteiger partial charge in [0, 0.05) is 12.5 Å². The van der Waals surface area contributed by atoms with Crippen molar-refractivity contribution in [2.45, 2.75) is 25.8 Å². The smallest absolute Gasteiger partial charge is 0.240 e. The zero-order valence-corrected chi connectivity index (χ0v) is 9.61. The van der Waals surface area contributed by atoms with Gasteiger partial charge >= 0.3 is 0 Å². The van der Waals surface area contributed by atoms with E-state index in [0.29, 0.717) is 12.5 Å². The lowest BCUT2D eigenvalue weighted by Gasteiger charge is -2.35. The van der Waals surface area contributed by atoms with Gasteiger partial charge in [0.1, 0.15) is 6.04 Å². The molecule has 2 amide bonds. The molecule has 2 fully saturated rings. The summed E-state index contributed by atoms with van der Waals surface area (Å²) >= 11 is 0. The summed E-state index contributed by atoms with van der Waals surface area (Å²) in [6.07, 6.45) is 1.60. The van der Waals surface area contributed by atoms with Gasteiger partial charge in [-0.2, -0.15) is 0 Å². The molecule has 2 saturated heterocycles. The molecule has 5 heteroatoms. The first-order valence-corrected chi connectivity index (χ1v) is 5.91. The molecule has 0 aromatic heterocycles. The summed E-state index contributed by atoms with van der Waals surface area (Å²) < 4.78 is 0. The summed E-state index contributed by atoms with van der Waals surface area (Å²) in [7, 11) is 0. The van der Waals surface area contributed by atoms with Gasteiger partial charge in [-0.3, -0.25) is 9.59 Å². The van der Waals surface area contributed by atoms with E-state index in [1.54, 1.807) is 4.90 Å². The Hall–Kier alpha value is -1.10. The quantitative estimate of drug-likeness (QED) is 0.668. The number of carbonyl (C=O) groups is 2. The summed E-state index contributed by atoms with van der Waals surface area (Å²) in [5, 5.41) is 3.16. The van der Waals surface area contributed by atoms with Crippen molar-refractivity contribution in [3.05, 3.63) is 0 Å². The number of primary amides is 1. The van der Waals surface area contributed by atoms with Crippen molar-refractivity contribution in [2.24, 2.45) is 17.6 Å². The lowest BCUT2D eigenvalue weighted by molar-refractivity contribution is -0.142. The van der Waals surface area contributed by atoms with Gasteiger partial charge in [-0.1, -0.05) is 6.92 Å². The van der Waals surface area contributed by atoms with Crippen molar-refractivity contribution in [1.29, 1.82) is 0 Å². The average Bonchev–Trinajstić information content (AvgIpc) is 2.61. The fourth-order valence-electron chi connectivity index (χ4n) is 2.45. The average molecular weight is 225 g/mol. The highest BCUT2D eigenvalue weighted by atomic mass is 16.2. The summed E-state index contributed by atoms with van der Waals surface area (Å²) in [6.45, 7) is 4.44. The van der Waals surface area contributed by atoms with Gasteiger partial charge in [-0.25, -0.2) is 0 Å². The normalized spacial score (nSPS) is 27.6. The van der Waals surface area contributed by atoms with Crippen molar-refractivity contribution in [1.82, 2.24) is 10.2 Å². The monoisotopic (exact) mass is 225 g/mol. The maximum Gasteiger partial charge on any atom is 0.240 e. The molecule has 16 heavy (non-hydrogen) atoms. The van der Waals surface area contributed by atoms with Crippen LogP contribution in [0.1, 0.15) is 19.8 Å². The predicted octanol–water partition coefficient (Wildman–Crippen LogP) is -0.682. The van der Waals surface area contributed by atoms with Crippen LogP contribution in [0.3, 0.4) is 0 Å². The minimum absolute atomic E-state index is 0.00111. The number of nitrogens with two attached hydrogens (primary N) is 1. The topological polar surface area (TPSA) is 75.4 Å². The van der Waals surface area contributed by atoms with E-state index >= 15 is 0 Å². The van der Waals surface area contributed by atoms with Gasteiger partial charge in [0.25, 0.3) is 0 Å². The van der Waals surface area contributed by atoms with E-state index in [0.717, 1.165) is 25.9 Å². The number of hydrogen-bond acceptors (Lipinski definition) is 3. The molecule has 2 unspecified atom stereocenters. The lowest BCUT2D eigenvalue weighted by Crippen LogP contribution is -2.52. The third-order valence-corrected chi connectivity index (χ3v) is 3.77. The number of nitrogens with zero attached hydrogens (tertiary/aromatic N) is 1. The fourth-order valence-corrected chi connectivity index (χ4v) is 2.45. The van der Waals surface area contributed by atoms with E-state index < -0.39 is 0 Å². The van der Waals surface area contributed by atoms with Gasteiger partial charge in [0.15, 0.2) is 0 Å². The number of carbonyl (C=O) groups excluding carboxylic acids is 2. The number of nitrogens with one attached hydrogen (secondary N) is 1. The summed E-state index contributed by atoms with van der Waals surface area (Å²) in [5.41, 5.74) is 5.30. The fraction of sp³-hybridized carbons (Fsp3) is 0.818. The van der Waals surface area contributed by atoms with E-state index in [1.165, 1.54) is 0 Å². The highest BCUT2D eigenvalue weighted by Crippen LogP contribution is 2.24. The second kappa shape index (κ2) is 4.41. The number of rotatable bonds is 3. The second-order valence-electron chi connectivity index (χ2n) is 4.80. The van der Waals surface area contributed by atoms with E-state index in [-0.39, 0.29) is 23.8 Å². The predicted molar refractivity (Wildman–Crippen MR) is 59.5 cm³/mol. The van der Waals surface area contributed by atoms with Crippen LogP contribution in [0.2, 0.25) is 0 Å². The summed E-state index contributed by atoms with van der Waals surface area (Å²) in [5.74, 6) is 0.139. The number of likely N-dealkylation sites (tertiary alicyclic amines) is 1. The Morgan fingerprint density at radius 3 is 2.62 bits per heavy atom. The van der Waals surface area contributed by atoms with E-state index in [4.69, 9.17) is 5.73 Å². The second-order valence-corrected chi connectivity index (χ2v) is 4.80. The first-order chi connectivity index (χ1) is 7.61. The molecule has 0 bridgehead atoms. The van der Waals surface area contributed by atoms with Crippen LogP contribution in [0.25, 0.3) is 0 Å². The Kier molecular flexibility index (Phi) is 3.14. The Morgan fingerprint density at radius 1 is 1.44 bits per heavy atom. The Morgan fingerprint density at radius 2 is 2.12 bits per heavy atom. The molecule has 2 aliphatic rings. The third kappa shape index (κ3) is 1.91. The molecule has 0 aromatic rings. The van der Waals surface area contributed by atoms with Gasteiger partial charge in [-0.05, 0) is 31.8 Å². The molecule has 5 nitrogen and oxygen atoms in total. The zero-order chi connectivity index (χ0) is 11.7.